The zero-order valence-electron chi connectivity index (χ0n) is 13.3. The van der Waals surface area contributed by atoms with Gasteiger partial charge in [0.15, 0.2) is 0 Å². The Hall–Kier alpha value is -2.48. The third-order valence-corrected chi connectivity index (χ3v) is 6.35. The summed E-state index contributed by atoms with van der Waals surface area (Å²) in [5, 5.41) is 1.32. The van der Waals surface area contributed by atoms with Crippen LogP contribution in [0, 0.1) is 0 Å². The van der Waals surface area contributed by atoms with Gasteiger partial charge in [-0.05, 0) is 60.7 Å². The smallest absolute Gasteiger partial charge is 0.261 e. The first-order valence-electron chi connectivity index (χ1n) is 7.62. The molecule has 4 aromatic rings. The van der Waals surface area contributed by atoms with Gasteiger partial charge in [0, 0.05) is 22.5 Å². The number of thiazole rings is 1. The Morgan fingerprint density at radius 2 is 1.69 bits per heavy atom. The van der Waals surface area contributed by atoms with Crippen molar-refractivity contribution in [3.8, 4) is 10.6 Å². The molecule has 0 aliphatic rings. The van der Waals surface area contributed by atoms with Crippen LogP contribution in [0.5, 0.6) is 0 Å². The van der Waals surface area contributed by atoms with Crippen LogP contribution in [-0.4, -0.2) is 18.4 Å². The Balaban J connectivity index is 1.58. The molecule has 0 aliphatic heterocycles. The van der Waals surface area contributed by atoms with Crippen molar-refractivity contribution in [2.24, 2.45) is 0 Å². The van der Waals surface area contributed by atoms with Crippen LogP contribution in [0.25, 0.3) is 20.9 Å². The van der Waals surface area contributed by atoms with E-state index >= 15 is 0 Å². The highest BCUT2D eigenvalue weighted by Gasteiger charge is 2.14. The van der Waals surface area contributed by atoms with Crippen LogP contribution < -0.4 is 4.72 Å². The van der Waals surface area contributed by atoms with Gasteiger partial charge in [-0.2, -0.15) is 0 Å². The van der Waals surface area contributed by atoms with Crippen LogP contribution in [0.2, 0.25) is 5.02 Å². The van der Waals surface area contributed by atoms with Gasteiger partial charge >= 0.3 is 0 Å². The Morgan fingerprint density at radius 3 is 2.38 bits per heavy atom. The number of halogens is 1. The van der Waals surface area contributed by atoms with Crippen molar-refractivity contribution in [2.45, 2.75) is 4.90 Å². The summed E-state index contributed by atoms with van der Waals surface area (Å²) in [6.07, 6.45) is 1.74. The highest BCUT2D eigenvalue weighted by molar-refractivity contribution is 7.92. The van der Waals surface area contributed by atoms with Gasteiger partial charge in [-0.1, -0.05) is 22.9 Å². The summed E-state index contributed by atoms with van der Waals surface area (Å²) < 4.78 is 27.4. The molecule has 8 heteroatoms. The van der Waals surface area contributed by atoms with E-state index in [0.29, 0.717) is 10.7 Å². The number of nitrogens with zero attached hydrogens (tertiary/aromatic N) is 2. The van der Waals surface area contributed by atoms with Crippen molar-refractivity contribution in [2.75, 3.05) is 4.72 Å². The van der Waals surface area contributed by atoms with E-state index in [9.17, 15) is 8.42 Å². The molecule has 0 bridgehead atoms. The minimum atomic E-state index is -3.66. The third-order valence-electron chi connectivity index (χ3n) is 3.67. The van der Waals surface area contributed by atoms with Crippen molar-refractivity contribution in [3.05, 3.63) is 71.9 Å². The van der Waals surface area contributed by atoms with Crippen molar-refractivity contribution in [1.82, 2.24) is 9.97 Å². The zero-order valence-corrected chi connectivity index (χ0v) is 15.6. The van der Waals surface area contributed by atoms with E-state index in [0.717, 1.165) is 20.9 Å². The summed E-state index contributed by atoms with van der Waals surface area (Å²) in [7, 11) is -3.66. The van der Waals surface area contributed by atoms with Crippen molar-refractivity contribution in [1.29, 1.82) is 0 Å². The average Bonchev–Trinajstić information content (AvgIpc) is 3.06. The lowest BCUT2D eigenvalue weighted by Crippen LogP contribution is -2.12. The summed E-state index contributed by atoms with van der Waals surface area (Å²) >= 11 is 7.30. The number of sulfonamides is 1. The Kier molecular flexibility index (Phi) is 4.36. The molecule has 0 fully saturated rings. The molecular weight excluding hydrogens is 390 g/mol. The first-order valence-corrected chi connectivity index (χ1v) is 10.3. The largest absolute Gasteiger partial charge is 0.280 e. The summed E-state index contributed by atoms with van der Waals surface area (Å²) in [4.78, 5) is 9.86. The predicted molar refractivity (Wildman–Crippen MR) is 105 cm³/mol. The lowest BCUT2D eigenvalue weighted by atomic mass is 10.2. The number of nitrogens with one attached hydrogen (secondary N) is 1. The molecule has 0 radical (unpaired) electrons. The predicted octanol–water partition coefficient (Wildman–Crippen LogP) is 4.81. The molecule has 0 saturated heterocycles. The monoisotopic (exact) mass is 401 g/mol. The van der Waals surface area contributed by atoms with Gasteiger partial charge in [0.2, 0.25) is 0 Å². The van der Waals surface area contributed by atoms with Crippen LogP contribution in [0.15, 0.2) is 71.8 Å². The molecule has 0 aliphatic carbocycles. The maximum absolute atomic E-state index is 12.4. The fourth-order valence-corrected chi connectivity index (χ4v) is 4.50. The van der Waals surface area contributed by atoms with E-state index < -0.39 is 10.0 Å². The lowest BCUT2D eigenvalue weighted by molar-refractivity contribution is 0.601. The molecule has 2 aromatic carbocycles. The van der Waals surface area contributed by atoms with Gasteiger partial charge in [0.25, 0.3) is 10.0 Å². The molecule has 0 saturated carbocycles. The number of fused-ring (bicyclic) bond motifs is 1. The van der Waals surface area contributed by atoms with Crippen molar-refractivity contribution < 1.29 is 8.42 Å². The third kappa shape index (κ3) is 3.41. The maximum atomic E-state index is 12.4. The van der Waals surface area contributed by atoms with Gasteiger partial charge in [0.05, 0.1) is 4.90 Å². The normalized spacial score (nSPS) is 11.6. The SMILES string of the molecule is O=S(=O)(Nc1ccc(-c2nc3cccnc3s2)cc1)c1ccc(Cl)cc1. The summed E-state index contributed by atoms with van der Waals surface area (Å²) in [5.74, 6) is 0. The first-order chi connectivity index (χ1) is 12.5. The molecule has 2 aromatic heterocycles. The molecule has 0 atom stereocenters. The summed E-state index contributed by atoms with van der Waals surface area (Å²) in [5.41, 5.74) is 2.23. The second-order valence-corrected chi connectivity index (χ2v) is 8.58. The van der Waals surface area contributed by atoms with Crippen LogP contribution >= 0.6 is 22.9 Å². The molecule has 130 valence electrons. The number of aromatic nitrogens is 2. The topological polar surface area (TPSA) is 72.0 Å². The molecule has 26 heavy (non-hydrogen) atoms. The van der Waals surface area contributed by atoms with Gasteiger partial charge in [-0.25, -0.2) is 18.4 Å². The van der Waals surface area contributed by atoms with Crippen molar-refractivity contribution >= 4 is 49.0 Å². The Labute approximate surface area is 159 Å². The van der Waals surface area contributed by atoms with E-state index in [1.165, 1.54) is 23.5 Å². The van der Waals surface area contributed by atoms with E-state index in [-0.39, 0.29) is 4.90 Å². The first kappa shape index (κ1) is 17.0. The van der Waals surface area contributed by atoms with E-state index in [1.807, 2.05) is 24.3 Å². The molecule has 0 spiro atoms. The number of pyridine rings is 1. The van der Waals surface area contributed by atoms with Gasteiger partial charge in [-0.3, -0.25) is 4.72 Å². The Bertz CT molecular complexity index is 1140. The quantitative estimate of drug-likeness (QED) is 0.532. The number of benzene rings is 2. The van der Waals surface area contributed by atoms with E-state index in [2.05, 4.69) is 14.7 Å². The van der Waals surface area contributed by atoms with Crippen LogP contribution in [0.3, 0.4) is 0 Å². The molecule has 2 heterocycles. The molecule has 4 rings (SSSR count). The molecule has 0 unspecified atom stereocenters. The number of rotatable bonds is 4. The number of anilines is 1. The second kappa shape index (κ2) is 6.68. The van der Waals surface area contributed by atoms with Gasteiger partial charge < -0.3 is 0 Å². The summed E-state index contributed by atoms with van der Waals surface area (Å²) in [6, 6.07) is 16.9. The minimum Gasteiger partial charge on any atom is -0.280 e. The molecule has 0 amide bonds. The minimum absolute atomic E-state index is 0.156. The van der Waals surface area contributed by atoms with Crippen LogP contribution in [0.4, 0.5) is 5.69 Å². The fraction of sp³-hybridized carbons (Fsp3) is 0. The second-order valence-electron chi connectivity index (χ2n) is 5.48. The number of hydrogen-bond donors (Lipinski definition) is 1. The number of hydrogen-bond acceptors (Lipinski definition) is 5. The molecule has 1 N–H and O–H groups in total. The summed E-state index contributed by atoms with van der Waals surface area (Å²) in [6.45, 7) is 0. The highest BCUT2D eigenvalue weighted by Crippen LogP contribution is 2.29. The fourth-order valence-electron chi connectivity index (χ4n) is 2.40. The maximum Gasteiger partial charge on any atom is 0.261 e. The standard InChI is InChI=1S/C18H12ClN3O2S2/c19-13-5-9-15(10-6-13)26(23,24)22-14-7-3-12(4-8-14)17-21-16-2-1-11-20-18(16)25-17/h1-11,22H. The Morgan fingerprint density at radius 1 is 0.962 bits per heavy atom. The van der Waals surface area contributed by atoms with Crippen molar-refractivity contribution in [3.63, 3.8) is 0 Å². The van der Waals surface area contributed by atoms with Crippen LogP contribution in [-0.2, 0) is 10.0 Å². The molecular formula is C18H12ClN3O2S2. The van der Waals surface area contributed by atoms with Gasteiger partial charge in [-0.15, -0.1) is 0 Å². The average molecular weight is 402 g/mol. The van der Waals surface area contributed by atoms with Gasteiger partial charge in [0.1, 0.15) is 15.4 Å². The van der Waals surface area contributed by atoms with E-state index in [1.54, 1.807) is 30.5 Å². The van der Waals surface area contributed by atoms with E-state index in [4.69, 9.17) is 11.6 Å². The highest BCUT2D eigenvalue weighted by atomic mass is 35.5. The lowest BCUT2D eigenvalue weighted by Gasteiger charge is -2.08. The van der Waals surface area contributed by atoms with Crippen LogP contribution in [0.1, 0.15) is 0 Å². The molecule has 5 nitrogen and oxygen atoms in total. The zero-order chi connectivity index (χ0) is 18.1.